The summed E-state index contributed by atoms with van der Waals surface area (Å²) in [5, 5.41) is -0.0592. The SMILES string of the molecule is CC(C)(C)OC(=O)N1CC[C@H](Oc2ccnc(Cl)n2)C[C@@H]1C(F)(F)F. The van der Waals surface area contributed by atoms with Crippen molar-refractivity contribution in [1.82, 2.24) is 14.9 Å². The lowest BCUT2D eigenvalue weighted by molar-refractivity contribution is -0.194. The van der Waals surface area contributed by atoms with E-state index in [1.165, 1.54) is 12.3 Å². The molecule has 0 saturated carbocycles. The highest BCUT2D eigenvalue weighted by Gasteiger charge is 2.50. The lowest BCUT2D eigenvalue weighted by Gasteiger charge is -2.40. The van der Waals surface area contributed by atoms with Gasteiger partial charge in [-0.1, -0.05) is 0 Å². The molecule has 25 heavy (non-hydrogen) atoms. The van der Waals surface area contributed by atoms with Crippen molar-refractivity contribution in [3.63, 3.8) is 0 Å². The third-order valence-corrected chi connectivity index (χ3v) is 3.63. The fourth-order valence-electron chi connectivity index (χ4n) is 2.45. The molecule has 2 heterocycles. The smallest absolute Gasteiger partial charge is 0.410 e. The standard InChI is InChI=1S/C15H19ClF3N3O3/c1-14(2,3)25-13(23)22-7-5-9(8-10(22)15(17,18)19)24-11-4-6-20-12(16)21-11/h4,6,9-10H,5,7-8H2,1-3H3/t9-,10+/m0/s1. The summed E-state index contributed by atoms with van der Waals surface area (Å²) in [6.45, 7) is 4.66. The first-order valence-electron chi connectivity index (χ1n) is 7.67. The lowest BCUT2D eigenvalue weighted by atomic mass is 9.99. The molecule has 1 fully saturated rings. The van der Waals surface area contributed by atoms with Crippen LogP contribution in [0.3, 0.4) is 0 Å². The number of carbonyl (C=O) groups is 1. The molecule has 1 aliphatic heterocycles. The summed E-state index contributed by atoms with van der Waals surface area (Å²) in [6, 6.07) is -0.576. The second kappa shape index (κ2) is 7.23. The van der Waals surface area contributed by atoms with Crippen LogP contribution in [0.25, 0.3) is 0 Å². The van der Waals surface area contributed by atoms with Crippen LogP contribution < -0.4 is 4.74 Å². The topological polar surface area (TPSA) is 64.5 Å². The van der Waals surface area contributed by atoms with Crippen molar-refractivity contribution in [2.75, 3.05) is 6.54 Å². The zero-order valence-corrected chi connectivity index (χ0v) is 14.8. The number of halogens is 4. The Labute approximate surface area is 148 Å². The number of ether oxygens (including phenoxy) is 2. The van der Waals surface area contributed by atoms with Gasteiger partial charge < -0.3 is 9.47 Å². The predicted octanol–water partition coefficient (Wildman–Crippen LogP) is 3.84. The Kier molecular flexibility index (Phi) is 5.65. The maximum absolute atomic E-state index is 13.4. The number of rotatable bonds is 2. The molecule has 0 bridgehead atoms. The molecule has 1 amide bonds. The van der Waals surface area contributed by atoms with Gasteiger partial charge in [-0.25, -0.2) is 9.78 Å². The molecule has 1 saturated heterocycles. The van der Waals surface area contributed by atoms with Gasteiger partial charge in [0.05, 0.1) is 0 Å². The number of hydrogen-bond donors (Lipinski definition) is 0. The van der Waals surface area contributed by atoms with Gasteiger partial charge in [0.15, 0.2) is 0 Å². The van der Waals surface area contributed by atoms with Crippen LogP contribution in [0.1, 0.15) is 33.6 Å². The monoisotopic (exact) mass is 381 g/mol. The summed E-state index contributed by atoms with van der Waals surface area (Å²) in [7, 11) is 0. The quantitative estimate of drug-likeness (QED) is 0.728. The summed E-state index contributed by atoms with van der Waals surface area (Å²) in [6.07, 6.45) is -5.18. The van der Waals surface area contributed by atoms with Gasteiger partial charge in [0, 0.05) is 31.6 Å². The maximum atomic E-state index is 13.4. The van der Waals surface area contributed by atoms with E-state index < -0.39 is 36.4 Å². The van der Waals surface area contributed by atoms with Crippen molar-refractivity contribution in [1.29, 1.82) is 0 Å². The van der Waals surface area contributed by atoms with Crippen molar-refractivity contribution in [2.24, 2.45) is 0 Å². The molecule has 2 atom stereocenters. The number of nitrogens with zero attached hydrogens (tertiary/aromatic N) is 3. The van der Waals surface area contributed by atoms with Crippen LogP contribution >= 0.6 is 11.6 Å². The number of alkyl halides is 3. The van der Waals surface area contributed by atoms with E-state index in [2.05, 4.69) is 9.97 Å². The maximum Gasteiger partial charge on any atom is 0.410 e. The van der Waals surface area contributed by atoms with Crippen molar-refractivity contribution in [3.05, 3.63) is 17.5 Å². The molecule has 0 N–H and O–H groups in total. The largest absolute Gasteiger partial charge is 0.474 e. The molecular formula is C15H19ClF3N3O3. The minimum atomic E-state index is -4.59. The Bertz CT molecular complexity index is 622. The third-order valence-electron chi connectivity index (χ3n) is 3.45. The van der Waals surface area contributed by atoms with Crippen molar-refractivity contribution in [3.8, 4) is 5.88 Å². The normalized spacial score (nSPS) is 21.8. The van der Waals surface area contributed by atoms with E-state index in [1.807, 2.05) is 0 Å². The third kappa shape index (κ3) is 5.62. The zero-order valence-electron chi connectivity index (χ0n) is 14.0. The first kappa shape index (κ1) is 19.6. The van der Waals surface area contributed by atoms with Crippen LogP contribution in [0.15, 0.2) is 12.3 Å². The highest BCUT2D eigenvalue weighted by Crippen LogP contribution is 2.34. The molecule has 10 heteroatoms. The van der Waals surface area contributed by atoms with Gasteiger partial charge in [-0.15, -0.1) is 0 Å². The van der Waals surface area contributed by atoms with Crippen LogP contribution in [-0.4, -0.2) is 51.4 Å². The average Bonchev–Trinajstić information content (AvgIpc) is 2.44. The Balaban J connectivity index is 2.10. The van der Waals surface area contributed by atoms with Gasteiger partial charge in [-0.05, 0) is 32.4 Å². The van der Waals surface area contributed by atoms with E-state index in [0.717, 1.165) is 0 Å². The minimum absolute atomic E-state index is 0.0592. The number of piperidine rings is 1. The van der Waals surface area contributed by atoms with E-state index in [4.69, 9.17) is 21.1 Å². The highest BCUT2D eigenvalue weighted by atomic mass is 35.5. The summed E-state index contributed by atoms with van der Waals surface area (Å²) < 4.78 is 50.8. The predicted molar refractivity (Wildman–Crippen MR) is 83.5 cm³/mol. The Morgan fingerprint density at radius 3 is 2.60 bits per heavy atom. The van der Waals surface area contributed by atoms with Crippen LogP contribution in [0.5, 0.6) is 5.88 Å². The first-order valence-corrected chi connectivity index (χ1v) is 8.05. The molecule has 2 rings (SSSR count). The van der Waals surface area contributed by atoms with E-state index >= 15 is 0 Å². The van der Waals surface area contributed by atoms with Crippen LogP contribution in [0.2, 0.25) is 5.28 Å². The van der Waals surface area contributed by atoms with Gasteiger partial charge in [0.1, 0.15) is 17.7 Å². The summed E-state index contributed by atoms with van der Waals surface area (Å²) in [4.78, 5) is 20.3. The van der Waals surface area contributed by atoms with E-state index in [9.17, 15) is 18.0 Å². The summed E-state index contributed by atoms with van der Waals surface area (Å²) in [5.41, 5.74) is -0.877. The number of likely N-dealkylation sites (tertiary alicyclic amines) is 1. The fourth-order valence-corrected chi connectivity index (χ4v) is 2.59. The Hall–Kier alpha value is -1.77. The molecule has 0 radical (unpaired) electrons. The molecule has 0 aromatic carbocycles. The molecular weight excluding hydrogens is 363 g/mol. The Morgan fingerprint density at radius 1 is 1.36 bits per heavy atom. The molecule has 1 aromatic heterocycles. The van der Waals surface area contributed by atoms with Crippen molar-refractivity contribution in [2.45, 2.75) is 57.5 Å². The summed E-state index contributed by atoms with van der Waals surface area (Å²) >= 11 is 5.64. The molecule has 140 valence electrons. The van der Waals surface area contributed by atoms with E-state index in [1.54, 1.807) is 20.8 Å². The molecule has 6 nitrogen and oxygen atoms in total. The second-order valence-corrected chi connectivity index (χ2v) is 7.00. The number of amides is 1. The number of carbonyl (C=O) groups excluding carboxylic acids is 1. The van der Waals surface area contributed by atoms with Gasteiger partial charge in [0.25, 0.3) is 0 Å². The lowest BCUT2D eigenvalue weighted by Crippen LogP contribution is -2.56. The molecule has 0 unspecified atom stereocenters. The van der Waals surface area contributed by atoms with Crippen molar-refractivity contribution < 1.29 is 27.4 Å². The van der Waals surface area contributed by atoms with Crippen LogP contribution in [-0.2, 0) is 4.74 Å². The minimum Gasteiger partial charge on any atom is -0.474 e. The van der Waals surface area contributed by atoms with Gasteiger partial charge in [-0.2, -0.15) is 18.2 Å². The first-order chi connectivity index (χ1) is 11.5. The van der Waals surface area contributed by atoms with Crippen LogP contribution in [0, 0.1) is 0 Å². The average molecular weight is 382 g/mol. The molecule has 0 spiro atoms. The van der Waals surface area contributed by atoms with Crippen molar-refractivity contribution >= 4 is 17.7 Å². The second-order valence-electron chi connectivity index (χ2n) is 6.66. The number of aromatic nitrogens is 2. The molecule has 1 aromatic rings. The zero-order chi connectivity index (χ0) is 18.8. The van der Waals surface area contributed by atoms with Gasteiger partial charge in [-0.3, -0.25) is 4.90 Å². The summed E-state index contributed by atoms with van der Waals surface area (Å²) in [5.74, 6) is 0.0941. The van der Waals surface area contributed by atoms with Gasteiger partial charge >= 0.3 is 12.3 Å². The Morgan fingerprint density at radius 2 is 2.04 bits per heavy atom. The van der Waals surface area contributed by atoms with Gasteiger partial charge in [0.2, 0.25) is 11.2 Å². The highest BCUT2D eigenvalue weighted by molar-refractivity contribution is 6.28. The molecule has 0 aliphatic carbocycles. The van der Waals surface area contributed by atoms with Crippen LogP contribution in [0.4, 0.5) is 18.0 Å². The fraction of sp³-hybridized carbons (Fsp3) is 0.667. The molecule has 1 aliphatic rings. The number of hydrogen-bond acceptors (Lipinski definition) is 5. The van der Waals surface area contributed by atoms with E-state index in [-0.39, 0.29) is 24.1 Å². The van der Waals surface area contributed by atoms with E-state index in [0.29, 0.717) is 4.90 Å².